The van der Waals surface area contributed by atoms with Gasteiger partial charge in [0.15, 0.2) is 10.9 Å². The molecule has 0 bridgehead atoms. The van der Waals surface area contributed by atoms with Gasteiger partial charge in [-0.05, 0) is 70.1 Å². The minimum absolute atomic E-state index is 0.211. The molecule has 0 spiro atoms. The third-order valence-corrected chi connectivity index (χ3v) is 5.53. The Morgan fingerprint density at radius 2 is 1.97 bits per heavy atom. The zero-order chi connectivity index (χ0) is 21.3. The van der Waals surface area contributed by atoms with E-state index in [2.05, 4.69) is 27.4 Å². The molecule has 2 aliphatic rings. The molecule has 2 aromatic rings. The van der Waals surface area contributed by atoms with Crippen LogP contribution in [0.4, 0.5) is 11.5 Å². The van der Waals surface area contributed by atoms with E-state index in [1.807, 2.05) is 30.3 Å². The van der Waals surface area contributed by atoms with E-state index in [-0.39, 0.29) is 6.04 Å². The summed E-state index contributed by atoms with van der Waals surface area (Å²) in [5.41, 5.74) is 1.33. The first kappa shape index (κ1) is 21.0. The molecule has 1 saturated carbocycles. The van der Waals surface area contributed by atoms with Gasteiger partial charge >= 0.3 is 0 Å². The lowest BCUT2D eigenvalue weighted by molar-refractivity contribution is 0.0736. The lowest BCUT2D eigenvalue weighted by Crippen LogP contribution is -2.44. The summed E-state index contributed by atoms with van der Waals surface area (Å²) in [5.74, 6) is 1.40. The predicted molar refractivity (Wildman–Crippen MR) is 123 cm³/mol. The van der Waals surface area contributed by atoms with Gasteiger partial charge in [-0.15, -0.1) is 0 Å². The summed E-state index contributed by atoms with van der Waals surface area (Å²) >= 11 is 5.35. The van der Waals surface area contributed by atoms with E-state index in [0.29, 0.717) is 35.9 Å². The molecule has 1 aliphatic carbocycles. The van der Waals surface area contributed by atoms with Gasteiger partial charge in [-0.25, -0.2) is 9.97 Å². The van der Waals surface area contributed by atoms with Crippen LogP contribution in [0.5, 0.6) is 0 Å². The Kier molecular flexibility index (Phi) is 5.90. The number of hydrogen-bond acceptors (Lipinski definition) is 6. The molecule has 0 unspecified atom stereocenters. The maximum Gasteiger partial charge on any atom is 0.170 e. The van der Waals surface area contributed by atoms with E-state index in [0.717, 1.165) is 23.6 Å². The quantitative estimate of drug-likeness (QED) is 0.628. The van der Waals surface area contributed by atoms with Crippen molar-refractivity contribution in [2.24, 2.45) is 0 Å². The molecule has 1 atom stereocenters. The fraction of sp³-hybridized carbons (Fsp3) is 0.500. The average Bonchev–Trinajstić information content (AvgIpc) is 3.52. The van der Waals surface area contributed by atoms with Crippen molar-refractivity contribution in [3.05, 3.63) is 36.0 Å². The number of nitrogens with one attached hydrogen (secondary N) is 2. The Balaban J connectivity index is 1.60. The number of hydrogen-bond donors (Lipinski definition) is 3. The summed E-state index contributed by atoms with van der Waals surface area (Å²) in [6.45, 7) is 7.68. The van der Waals surface area contributed by atoms with Gasteiger partial charge < -0.3 is 25.4 Å². The Labute approximate surface area is 182 Å². The van der Waals surface area contributed by atoms with Crippen LogP contribution in [-0.4, -0.2) is 52.0 Å². The second kappa shape index (κ2) is 8.45. The molecule has 1 aromatic heterocycles. The van der Waals surface area contributed by atoms with Crippen LogP contribution in [0.1, 0.15) is 39.3 Å². The fourth-order valence-electron chi connectivity index (χ4n) is 3.37. The van der Waals surface area contributed by atoms with Gasteiger partial charge in [-0.2, -0.15) is 0 Å². The van der Waals surface area contributed by atoms with Gasteiger partial charge in [0.1, 0.15) is 11.4 Å². The van der Waals surface area contributed by atoms with Crippen LogP contribution in [0.25, 0.3) is 11.4 Å². The number of nitrogens with zero attached hydrogens (tertiary/aromatic N) is 3. The van der Waals surface area contributed by atoms with Crippen LogP contribution in [0, 0.1) is 0 Å². The van der Waals surface area contributed by atoms with Crippen LogP contribution in [0.2, 0.25) is 0 Å². The Bertz CT molecular complexity index is 909. The maximum atomic E-state index is 10.6. The number of anilines is 2. The maximum absolute atomic E-state index is 10.6. The van der Waals surface area contributed by atoms with E-state index in [4.69, 9.17) is 21.9 Å². The third-order valence-electron chi connectivity index (χ3n) is 5.31. The lowest BCUT2D eigenvalue weighted by Gasteiger charge is -2.35. The second-order valence-electron chi connectivity index (χ2n) is 8.56. The number of aliphatic hydroxyl groups is 1. The molecule has 30 heavy (non-hydrogen) atoms. The summed E-state index contributed by atoms with van der Waals surface area (Å²) in [5, 5.41) is 17.7. The van der Waals surface area contributed by atoms with Crippen molar-refractivity contribution in [1.29, 1.82) is 0 Å². The number of morpholine rings is 1. The first-order valence-electron chi connectivity index (χ1n) is 10.4. The summed E-state index contributed by atoms with van der Waals surface area (Å²) in [7, 11) is 0. The molecule has 1 aliphatic heterocycles. The standard InChI is InChI=1S/C22H29N5O2S/c1-14-13-29-11-10-27(14)19-12-18(22(2,3)28)25-20(26-19)15-4-6-16(7-5-15)23-21(30)24-17-8-9-17/h4-7,12,14,17,28H,8-11,13H2,1-3H3,(H2,23,24,30)/t14-/m0/s1. The summed E-state index contributed by atoms with van der Waals surface area (Å²) in [6.07, 6.45) is 2.36. The Morgan fingerprint density at radius 1 is 1.23 bits per heavy atom. The molecule has 0 radical (unpaired) electrons. The smallest absolute Gasteiger partial charge is 0.170 e. The van der Waals surface area contributed by atoms with E-state index >= 15 is 0 Å². The zero-order valence-electron chi connectivity index (χ0n) is 17.7. The molecule has 0 amide bonds. The van der Waals surface area contributed by atoms with Gasteiger partial charge in [-0.1, -0.05) is 0 Å². The van der Waals surface area contributed by atoms with Crippen molar-refractivity contribution in [3.8, 4) is 11.4 Å². The molecule has 7 nitrogen and oxygen atoms in total. The molecule has 2 heterocycles. The van der Waals surface area contributed by atoms with Crippen molar-refractivity contribution >= 4 is 28.8 Å². The number of thiocarbonyl (C=S) groups is 1. The molecule has 8 heteroatoms. The molecule has 160 valence electrons. The normalized spacial score (nSPS) is 19.5. The molecular weight excluding hydrogens is 398 g/mol. The van der Waals surface area contributed by atoms with E-state index in [9.17, 15) is 5.11 Å². The highest BCUT2D eigenvalue weighted by Crippen LogP contribution is 2.28. The van der Waals surface area contributed by atoms with E-state index in [1.165, 1.54) is 12.8 Å². The SMILES string of the molecule is C[C@H]1COCCN1c1cc(C(C)(C)O)nc(-c2ccc(NC(=S)NC3CC3)cc2)n1. The highest BCUT2D eigenvalue weighted by molar-refractivity contribution is 7.80. The number of ether oxygens (including phenoxy) is 1. The van der Waals surface area contributed by atoms with Crippen LogP contribution in [-0.2, 0) is 10.3 Å². The molecule has 4 rings (SSSR count). The van der Waals surface area contributed by atoms with Crippen LogP contribution in [0.3, 0.4) is 0 Å². The molecule has 3 N–H and O–H groups in total. The van der Waals surface area contributed by atoms with Crippen molar-refractivity contribution in [3.63, 3.8) is 0 Å². The Morgan fingerprint density at radius 3 is 2.60 bits per heavy atom. The van der Waals surface area contributed by atoms with Gasteiger partial charge in [-0.3, -0.25) is 0 Å². The highest BCUT2D eigenvalue weighted by Gasteiger charge is 2.26. The second-order valence-corrected chi connectivity index (χ2v) is 8.97. The molecule has 1 aromatic carbocycles. The first-order valence-corrected chi connectivity index (χ1v) is 10.8. The average molecular weight is 428 g/mol. The van der Waals surface area contributed by atoms with Gasteiger partial charge in [0.2, 0.25) is 0 Å². The highest BCUT2D eigenvalue weighted by atomic mass is 32.1. The van der Waals surface area contributed by atoms with Crippen LogP contribution in [0.15, 0.2) is 30.3 Å². The van der Waals surface area contributed by atoms with Gasteiger partial charge in [0.25, 0.3) is 0 Å². The van der Waals surface area contributed by atoms with Gasteiger partial charge in [0, 0.05) is 29.9 Å². The van der Waals surface area contributed by atoms with Crippen LogP contribution >= 0.6 is 12.2 Å². The van der Waals surface area contributed by atoms with Crippen LogP contribution < -0.4 is 15.5 Å². The largest absolute Gasteiger partial charge is 0.384 e. The minimum atomic E-state index is -1.07. The zero-order valence-corrected chi connectivity index (χ0v) is 18.5. The molecule has 1 saturated heterocycles. The number of aromatic nitrogens is 2. The van der Waals surface area contributed by atoms with E-state index < -0.39 is 5.60 Å². The number of benzene rings is 1. The summed E-state index contributed by atoms with van der Waals surface area (Å²) in [6, 6.07) is 10.5. The van der Waals surface area contributed by atoms with Crippen molar-refractivity contribution in [1.82, 2.24) is 15.3 Å². The monoisotopic (exact) mass is 427 g/mol. The van der Waals surface area contributed by atoms with Crippen molar-refractivity contribution in [2.75, 3.05) is 30.0 Å². The molecular formula is C22H29N5O2S. The van der Waals surface area contributed by atoms with Gasteiger partial charge in [0.05, 0.1) is 24.9 Å². The third kappa shape index (κ3) is 5.06. The fourth-order valence-corrected chi connectivity index (χ4v) is 3.66. The molecule has 2 fully saturated rings. The van der Waals surface area contributed by atoms with Crippen molar-refractivity contribution in [2.45, 2.75) is 51.3 Å². The lowest BCUT2D eigenvalue weighted by atomic mass is 10.0. The van der Waals surface area contributed by atoms with Crippen molar-refractivity contribution < 1.29 is 9.84 Å². The van der Waals surface area contributed by atoms with E-state index in [1.54, 1.807) is 13.8 Å². The summed E-state index contributed by atoms with van der Waals surface area (Å²) < 4.78 is 5.56. The first-order chi connectivity index (χ1) is 14.3. The summed E-state index contributed by atoms with van der Waals surface area (Å²) in [4.78, 5) is 11.7. The Hall–Kier alpha value is -2.29. The topological polar surface area (TPSA) is 82.5 Å². The minimum Gasteiger partial charge on any atom is -0.384 e. The number of rotatable bonds is 5. The predicted octanol–water partition coefficient (Wildman–Crippen LogP) is 3.04.